The predicted octanol–water partition coefficient (Wildman–Crippen LogP) is 8.25. The highest BCUT2D eigenvalue weighted by atomic mass is 14.1. The van der Waals surface area contributed by atoms with Gasteiger partial charge in [0.2, 0.25) is 0 Å². The first-order chi connectivity index (χ1) is 10.5. The van der Waals surface area contributed by atoms with Crippen molar-refractivity contribution in [3.05, 3.63) is 0 Å². The lowest BCUT2D eigenvalue weighted by molar-refractivity contribution is 0.372. The zero-order valence-electron chi connectivity index (χ0n) is 16.8. The standard InChI is InChI=1S/C22H46/c1-7-8-13-20(4)15-10-17-22(6)18-11-16-21(5)14-9-12-19(2)3/h19-22H,7-18H2,1-6H3/t20-,21-,22-/m0/s1. The Morgan fingerprint density at radius 3 is 1.09 bits per heavy atom. The fraction of sp³-hybridized carbons (Fsp3) is 1.00. The molecule has 22 heavy (non-hydrogen) atoms. The van der Waals surface area contributed by atoms with Crippen LogP contribution in [-0.2, 0) is 0 Å². The van der Waals surface area contributed by atoms with Gasteiger partial charge in [0.1, 0.15) is 0 Å². The molecule has 0 saturated heterocycles. The Kier molecular flexibility index (Phi) is 14.6. The largest absolute Gasteiger partial charge is 0.0654 e. The molecule has 0 heterocycles. The minimum Gasteiger partial charge on any atom is -0.0654 e. The van der Waals surface area contributed by atoms with Crippen molar-refractivity contribution in [2.24, 2.45) is 23.7 Å². The normalized spacial score (nSPS) is 16.0. The highest BCUT2D eigenvalue weighted by Crippen LogP contribution is 2.23. The van der Waals surface area contributed by atoms with Crippen molar-refractivity contribution in [3.63, 3.8) is 0 Å². The van der Waals surface area contributed by atoms with Gasteiger partial charge in [0.15, 0.2) is 0 Å². The molecule has 0 aromatic carbocycles. The molecule has 0 saturated carbocycles. The van der Waals surface area contributed by atoms with E-state index in [0.29, 0.717) is 0 Å². The quantitative estimate of drug-likeness (QED) is 0.285. The SMILES string of the molecule is CCCC[C@H](C)CCC[C@H](C)CCC[C@@H](C)CCCC(C)C. The van der Waals surface area contributed by atoms with Crippen LogP contribution in [0.5, 0.6) is 0 Å². The van der Waals surface area contributed by atoms with Gasteiger partial charge in [-0.25, -0.2) is 0 Å². The van der Waals surface area contributed by atoms with Crippen LogP contribution in [0.3, 0.4) is 0 Å². The van der Waals surface area contributed by atoms with Crippen LogP contribution in [0.15, 0.2) is 0 Å². The summed E-state index contributed by atoms with van der Waals surface area (Å²) < 4.78 is 0. The lowest BCUT2D eigenvalue weighted by Gasteiger charge is -2.16. The Morgan fingerprint density at radius 1 is 0.455 bits per heavy atom. The molecule has 3 atom stereocenters. The lowest BCUT2D eigenvalue weighted by Crippen LogP contribution is -2.01. The average Bonchev–Trinajstić information content (AvgIpc) is 2.44. The third-order valence-electron chi connectivity index (χ3n) is 5.32. The Morgan fingerprint density at radius 2 is 0.773 bits per heavy atom. The van der Waals surface area contributed by atoms with Crippen molar-refractivity contribution in [2.75, 3.05) is 0 Å². The van der Waals surface area contributed by atoms with Crippen LogP contribution >= 0.6 is 0 Å². The third kappa shape index (κ3) is 14.9. The van der Waals surface area contributed by atoms with Gasteiger partial charge in [-0.2, -0.15) is 0 Å². The monoisotopic (exact) mass is 310 g/mol. The van der Waals surface area contributed by atoms with Crippen LogP contribution in [0.4, 0.5) is 0 Å². The Bertz CT molecular complexity index is 218. The summed E-state index contributed by atoms with van der Waals surface area (Å²) in [6.07, 6.45) is 17.2. The molecule has 0 rings (SSSR count). The highest BCUT2D eigenvalue weighted by molar-refractivity contribution is 4.61. The summed E-state index contributed by atoms with van der Waals surface area (Å²) >= 11 is 0. The lowest BCUT2D eigenvalue weighted by atomic mass is 9.90. The van der Waals surface area contributed by atoms with E-state index in [1.54, 1.807) is 0 Å². The summed E-state index contributed by atoms with van der Waals surface area (Å²) in [7, 11) is 0. The van der Waals surface area contributed by atoms with E-state index < -0.39 is 0 Å². The number of unbranched alkanes of at least 4 members (excludes halogenated alkanes) is 1. The van der Waals surface area contributed by atoms with E-state index in [-0.39, 0.29) is 0 Å². The van der Waals surface area contributed by atoms with E-state index in [1.807, 2.05) is 0 Å². The molecule has 0 heteroatoms. The van der Waals surface area contributed by atoms with Crippen LogP contribution in [-0.4, -0.2) is 0 Å². The van der Waals surface area contributed by atoms with E-state index >= 15 is 0 Å². The van der Waals surface area contributed by atoms with Crippen molar-refractivity contribution in [3.8, 4) is 0 Å². The van der Waals surface area contributed by atoms with E-state index in [2.05, 4.69) is 41.5 Å². The fourth-order valence-corrected chi connectivity index (χ4v) is 3.49. The maximum atomic E-state index is 2.47. The molecule has 0 bridgehead atoms. The first-order valence-corrected chi connectivity index (χ1v) is 10.5. The van der Waals surface area contributed by atoms with Gasteiger partial charge in [0.05, 0.1) is 0 Å². The predicted molar refractivity (Wildman–Crippen MR) is 103 cm³/mol. The molecule has 0 aliphatic carbocycles. The van der Waals surface area contributed by atoms with Gasteiger partial charge < -0.3 is 0 Å². The molecule has 0 unspecified atom stereocenters. The third-order valence-corrected chi connectivity index (χ3v) is 5.32. The van der Waals surface area contributed by atoms with Gasteiger partial charge in [-0.1, -0.05) is 119 Å². The smallest absolute Gasteiger partial charge is 0.0443 e. The number of rotatable bonds is 15. The maximum absolute atomic E-state index is 2.47. The van der Waals surface area contributed by atoms with E-state index in [4.69, 9.17) is 0 Å². The van der Waals surface area contributed by atoms with Crippen LogP contribution in [0.25, 0.3) is 0 Å². The Labute approximate surface area is 142 Å². The minimum absolute atomic E-state index is 0.881. The molecule has 0 aliphatic heterocycles. The zero-order chi connectivity index (χ0) is 16.8. The van der Waals surface area contributed by atoms with Crippen molar-refractivity contribution in [1.29, 1.82) is 0 Å². The molecule has 0 radical (unpaired) electrons. The number of hydrogen-bond donors (Lipinski definition) is 0. The van der Waals surface area contributed by atoms with Gasteiger partial charge in [-0.05, 0) is 23.7 Å². The molecule has 0 nitrogen and oxygen atoms in total. The molecule has 0 aromatic rings. The summed E-state index contributed by atoms with van der Waals surface area (Å²) in [6, 6.07) is 0. The molecule has 0 aromatic heterocycles. The van der Waals surface area contributed by atoms with Crippen LogP contribution < -0.4 is 0 Å². The first-order valence-electron chi connectivity index (χ1n) is 10.5. The molecule has 0 amide bonds. The topological polar surface area (TPSA) is 0 Å². The second-order valence-electron chi connectivity index (χ2n) is 8.64. The molecular formula is C22H46. The molecular weight excluding hydrogens is 264 g/mol. The van der Waals surface area contributed by atoms with E-state index in [1.165, 1.54) is 77.0 Å². The van der Waals surface area contributed by atoms with Crippen molar-refractivity contribution in [2.45, 2.75) is 119 Å². The molecule has 0 fully saturated rings. The summed E-state index contributed by atoms with van der Waals surface area (Å²) in [5.41, 5.74) is 0. The minimum atomic E-state index is 0.881. The molecule has 134 valence electrons. The second kappa shape index (κ2) is 14.6. The Balaban J connectivity index is 3.46. The summed E-state index contributed by atoms with van der Waals surface area (Å²) in [5, 5.41) is 0. The first kappa shape index (κ1) is 22.0. The number of hydrogen-bond acceptors (Lipinski definition) is 0. The van der Waals surface area contributed by atoms with Crippen LogP contribution in [0.2, 0.25) is 0 Å². The van der Waals surface area contributed by atoms with Gasteiger partial charge in [0, 0.05) is 0 Å². The fourth-order valence-electron chi connectivity index (χ4n) is 3.49. The molecule has 0 spiro atoms. The van der Waals surface area contributed by atoms with E-state index in [0.717, 1.165) is 23.7 Å². The zero-order valence-corrected chi connectivity index (χ0v) is 16.8. The van der Waals surface area contributed by atoms with Gasteiger partial charge in [0.25, 0.3) is 0 Å². The average molecular weight is 311 g/mol. The summed E-state index contributed by atoms with van der Waals surface area (Å²) in [4.78, 5) is 0. The van der Waals surface area contributed by atoms with Gasteiger partial charge >= 0.3 is 0 Å². The summed E-state index contributed by atoms with van der Waals surface area (Å²) in [6.45, 7) is 14.4. The van der Waals surface area contributed by atoms with Crippen LogP contribution in [0.1, 0.15) is 119 Å². The molecule has 0 N–H and O–H groups in total. The summed E-state index contributed by atoms with van der Waals surface area (Å²) in [5.74, 6) is 3.72. The van der Waals surface area contributed by atoms with Crippen molar-refractivity contribution < 1.29 is 0 Å². The van der Waals surface area contributed by atoms with Crippen LogP contribution in [0, 0.1) is 23.7 Å². The second-order valence-corrected chi connectivity index (χ2v) is 8.64. The van der Waals surface area contributed by atoms with E-state index in [9.17, 15) is 0 Å². The van der Waals surface area contributed by atoms with Crippen molar-refractivity contribution >= 4 is 0 Å². The highest BCUT2D eigenvalue weighted by Gasteiger charge is 2.07. The van der Waals surface area contributed by atoms with Crippen molar-refractivity contribution in [1.82, 2.24) is 0 Å². The van der Waals surface area contributed by atoms with Gasteiger partial charge in [-0.15, -0.1) is 0 Å². The maximum Gasteiger partial charge on any atom is -0.0443 e. The van der Waals surface area contributed by atoms with Gasteiger partial charge in [-0.3, -0.25) is 0 Å². The molecule has 0 aliphatic rings. The Hall–Kier alpha value is 0.